The van der Waals surface area contributed by atoms with Crippen LogP contribution in [-0.2, 0) is 0 Å². The van der Waals surface area contributed by atoms with E-state index in [2.05, 4.69) is 25.2 Å². The molecule has 0 spiro atoms. The lowest BCUT2D eigenvalue weighted by Gasteiger charge is -2.19. The number of para-hydroxylation sites is 2. The maximum Gasteiger partial charge on any atom is 0.142 e. The molecule has 0 saturated heterocycles. The van der Waals surface area contributed by atoms with Crippen molar-refractivity contribution in [2.45, 2.75) is 26.3 Å². The maximum absolute atomic E-state index is 5.78. The number of nitrogens with one attached hydrogen (secondary N) is 1. The SMILES string of the molecule is CCCOc1ccccc1NC(C)c1cccc(OC)c1. The molecule has 2 aromatic rings. The van der Waals surface area contributed by atoms with Crippen LogP contribution in [-0.4, -0.2) is 13.7 Å². The van der Waals surface area contributed by atoms with Crippen LogP contribution in [0, 0.1) is 0 Å². The molecule has 2 rings (SSSR count). The molecule has 2 aromatic carbocycles. The topological polar surface area (TPSA) is 30.5 Å². The molecular formula is C18H23NO2. The molecule has 0 bridgehead atoms. The third-order valence-corrected chi connectivity index (χ3v) is 3.31. The number of hydrogen-bond donors (Lipinski definition) is 1. The van der Waals surface area contributed by atoms with Crippen LogP contribution < -0.4 is 14.8 Å². The van der Waals surface area contributed by atoms with E-state index in [0.717, 1.165) is 30.2 Å². The Hall–Kier alpha value is -2.16. The van der Waals surface area contributed by atoms with Gasteiger partial charge in [-0.3, -0.25) is 0 Å². The van der Waals surface area contributed by atoms with Crippen LogP contribution in [0.1, 0.15) is 31.9 Å². The fourth-order valence-corrected chi connectivity index (χ4v) is 2.15. The standard InChI is InChI=1S/C18H23NO2/c1-4-12-21-18-11-6-5-10-17(18)19-14(2)15-8-7-9-16(13-15)20-3/h5-11,13-14,19H,4,12H2,1-3H3. The van der Waals surface area contributed by atoms with Crippen molar-refractivity contribution in [3.63, 3.8) is 0 Å². The zero-order valence-electron chi connectivity index (χ0n) is 12.9. The molecule has 0 aliphatic heterocycles. The Bertz CT molecular complexity index is 569. The molecule has 0 aliphatic carbocycles. The molecule has 0 saturated carbocycles. The summed E-state index contributed by atoms with van der Waals surface area (Å²) in [5.74, 6) is 1.77. The van der Waals surface area contributed by atoms with E-state index >= 15 is 0 Å². The quantitative estimate of drug-likeness (QED) is 0.802. The van der Waals surface area contributed by atoms with Crippen LogP contribution >= 0.6 is 0 Å². The molecule has 112 valence electrons. The molecule has 0 aliphatic rings. The minimum atomic E-state index is 0.173. The van der Waals surface area contributed by atoms with E-state index < -0.39 is 0 Å². The summed E-state index contributed by atoms with van der Waals surface area (Å²) in [7, 11) is 1.69. The minimum absolute atomic E-state index is 0.173. The van der Waals surface area contributed by atoms with Gasteiger partial charge in [0.2, 0.25) is 0 Å². The Morgan fingerprint density at radius 2 is 1.90 bits per heavy atom. The molecule has 3 heteroatoms. The van der Waals surface area contributed by atoms with E-state index in [4.69, 9.17) is 9.47 Å². The van der Waals surface area contributed by atoms with E-state index in [1.165, 1.54) is 5.56 Å². The molecule has 1 atom stereocenters. The van der Waals surface area contributed by atoms with Crippen LogP contribution in [0.3, 0.4) is 0 Å². The van der Waals surface area contributed by atoms with Gasteiger partial charge in [-0.15, -0.1) is 0 Å². The first-order valence-corrected chi connectivity index (χ1v) is 7.37. The predicted octanol–water partition coefficient (Wildman–Crippen LogP) is 4.66. The van der Waals surface area contributed by atoms with Crippen molar-refractivity contribution in [1.29, 1.82) is 0 Å². The average molecular weight is 285 g/mol. The molecule has 0 aromatic heterocycles. The average Bonchev–Trinajstić information content (AvgIpc) is 2.54. The van der Waals surface area contributed by atoms with Crippen LogP contribution in [0.5, 0.6) is 11.5 Å². The molecule has 0 radical (unpaired) electrons. The lowest BCUT2D eigenvalue weighted by molar-refractivity contribution is 0.318. The van der Waals surface area contributed by atoms with E-state index in [9.17, 15) is 0 Å². The van der Waals surface area contributed by atoms with E-state index in [1.54, 1.807) is 7.11 Å². The fraction of sp³-hybridized carbons (Fsp3) is 0.333. The molecule has 0 heterocycles. The Kier molecular flexibility index (Phi) is 5.50. The molecule has 21 heavy (non-hydrogen) atoms. The second-order valence-electron chi connectivity index (χ2n) is 4.99. The highest BCUT2D eigenvalue weighted by atomic mass is 16.5. The zero-order valence-corrected chi connectivity index (χ0v) is 12.9. The van der Waals surface area contributed by atoms with Crippen molar-refractivity contribution in [3.05, 3.63) is 54.1 Å². The van der Waals surface area contributed by atoms with Gasteiger partial charge >= 0.3 is 0 Å². The van der Waals surface area contributed by atoms with Crippen molar-refractivity contribution in [1.82, 2.24) is 0 Å². The number of anilines is 1. The Labute approximate surface area is 126 Å². The molecule has 3 nitrogen and oxygen atoms in total. The normalized spacial score (nSPS) is 11.8. The van der Waals surface area contributed by atoms with Gasteiger partial charge < -0.3 is 14.8 Å². The summed E-state index contributed by atoms with van der Waals surface area (Å²) in [6.45, 7) is 4.96. The van der Waals surface area contributed by atoms with Gasteiger partial charge in [0.05, 0.1) is 19.4 Å². The second kappa shape index (κ2) is 7.58. The van der Waals surface area contributed by atoms with Gasteiger partial charge in [0.15, 0.2) is 0 Å². The van der Waals surface area contributed by atoms with Gasteiger partial charge in [0.1, 0.15) is 11.5 Å². The first-order chi connectivity index (χ1) is 10.2. The largest absolute Gasteiger partial charge is 0.497 e. The van der Waals surface area contributed by atoms with Crippen LogP contribution in [0.25, 0.3) is 0 Å². The summed E-state index contributed by atoms with van der Waals surface area (Å²) < 4.78 is 11.1. The Morgan fingerprint density at radius 3 is 2.67 bits per heavy atom. The van der Waals surface area contributed by atoms with Gasteiger partial charge in [-0.2, -0.15) is 0 Å². The van der Waals surface area contributed by atoms with Crippen LogP contribution in [0.15, 0.2) is 48.5 Å². The lowest BCUT2D eigenvalue weighted by atomic mass is 10.1. The second-order valence-corrected chi connectivity index (χ2v) is 4.99. The number of hydrogen-bond acceptors (Lipinski definition) is 3. The van der Waals surface area contributed by atoms with Crippen LogP contribution in [0.4, 0.5) is 5.69 Å². The number of methoxy groups -OCH3 is 1. The monoisotopic (exact) mass is 285 g/mol. The van der Waals surface area contributed by atoms with E-state index in [-0.39, 0.29) is 6.04 Å². The summed E-state index contributed by atoms with van der Waals surface area (Å²) in [6.07, 6.45) is 1.000. The predicted molar refractivity (Wildman–Crippen MR) is 87.3 cm³/mol. The third kappa shape index (κ3) is 4.15. The van der Waals surface area contributed by atoms with Crippen molar-refractivity contribution in [2.24, 2.45) is 0 Å². The number of rotatable bonds is 7. The highest BCUT2D eigenvalue weighted by Crippen LogP contribution is 2.29. The highest BCUT2D eigenvalue weighted by molar-refractivity contribution is 5.57. The summed E-state index contributed by atoms with van der Waals surface area (Å²) in [5, 5.41) is 3.51. The highest BCUT2D eigenvalue weighted by Gasteiger charge is 2.09. The summed E-state index contributed by atoms with van der Waals surface area (Å²) in [5.41, 5.74) is 2.20. The van der Waals surface area contributed by atoms with Gasteiger partial charge in [-0.25, -0.2) is 0 Å². The Balaban J connectivity index is 2.13. The molecule has 1 unspecified atom stereocenters. The van der Waals surface area contributed by atoms with Crippen molar-refractivity contribution in [2.75, 3.05) is 19.0 Å². The van der Waals surface area contributed by atoms with Crippen molar-refractivity contribution >= 4 is 5.69 Å². The first kappa shape index (κ1) is 15.2. The van der Waals surface area contributed by atoms with Gasteiger partial charge in [0, 0.05) is 6.04 Å². The van der Waals surface area contributed by atoms with E-state index in [0.29, 0.717) is 0 Å². The lowest BCUT2D eigenvalue weighted by Crippen LogP contribution is -2.08. The van der Waals surface area contributed by atoms with Crippen LogP contribution in [0.2, 0.25) is 0 Å². The molecule has 0 amide bonds. The van der Waals surface area contributed by atoms with Gasteiger partial charge in [-0.1, -0.05) is 31.2 Å². The fourth-order valence-electron chi connectivity index (χ4n) is 2.15. The van der Waals surface area contributed by atoms with Crippen molar-refractivity contribution in [3.8, 4) is 11.5 Å². The van der Waals surface area contributed by atoms with Gasteiger partial charge in [-0.05, 0) is 43.2 Å². The zero-order chi connectivity index (χ0) is 15.1. The summed E-state index contributed by atoms with van der Waals surface area (Å²) >= 11 is 0. The maximum atomic E-state index is 5.78. The third-order valence-electron chi connectivity index (χ3n) is 3.31. The first-order valence-electron chi connectivity index (χ1n) is 7.37. The summed E-state index contributed by atoms with van der Waals surface area (Å²) in [6, 6.07) is 16.3. The minimum Gasteiger partial charge on any atom is -0.497 e. The summed E-state index contributed by atoms with van der Waals surface area (Å²) in [4.78, 5) is 0. The Morgan fingerprint density at radius 1 is 1.10 bits per heavy atom. The van der Waals surface area contributed by atoms with Gasteiger partial charge in [0.25, 0.3) is 0 Å². The number of ether oxygens (including phenoxy) is 2. The van der Waals surface area contributed by atoms with Crippen molar-refractivity contribution < 1.29 is 9.47 Å². The molecule has 1 N–H and O–H groups in total. The molecular weight excluding hydrogens is 262 g/mol. The smallest absolute Gasteiger partial charge is 0.142 e. The molecule has 0 fully saturated rings. The van der Waals surface area contributed by atoms with E-state index in [1.807, 2.05) is 42.5 Å². The number of benzene rings is 2.